The molecule has 3 rings (SSSR count). The lowest BCUT2D eigenvalue weighted by molar-refractivity contribution is -0.135. The van der Waals surface area contributed by atoms with E-state index in [2.05, 4.69) is 15.3 Å². The number of nitrogens with zero attached hydrogens (tertiary/aromatic N) is 2. The molecule has 130 valence electrons. The number of aliphatic carboxylic acids is 1. The number of carboxylic acids is 1. The maximum Gasteiger partial charge on any atom is 0.322 e. The van der Waals surface area contributed by atoms with Crippen LogP contribution in [0.2, 0.25) is 0 Å². The van der Waals surface area contributed by atoms with Crippen LogP contribution in [0, 0.1) is 0 Å². The molecular formula is C19H15N3O4. The summed E-state index contributed by atoms with van der Waals surface area (Å²) in [5.41, 5.74) is 2.35. The second-order valence-electron chi connectivity index (χ2n) is 5.41. The summed E-state index contributed by atoms with van der Waals surface area (Å²) in [5, 5.41) is 20.7. The van der Waals surface area contributed by atoms with Gasteiger partial charge in [0.15, 0.2) is 5.69 Å². The van der Waals surface area contributed by atoms with Crippen LogP contribution in [0.5, 0.6) is 5.75 Å². The molecule has 0 saturated heterocycles. The van der Waals surface area contributed by atoms with Crippen LogP contribution in [-0.4, -0.2) is 38.6 Å². The number of rotatable bonds is 5. The van der Waals surface area contributed by atoms with Crippen molar-refractivity contribution in [2.24, 2.45) is 0 Å². The molecule has 0 spiro atoms. The van der Waals surface area contributed by atoms with E-state index < -0.39 is 18.4 Å². The minimum atomic E-state index is -1.19. The number of carbonyl (C=O) groups excluding carboxylic acids is 1. The first kappa shape index (κ1) is 17.1. The molecule has 7 nitrogen and oxygen atoms in total. The molecule has 26 heavy (non-hydrogen) atoms. The first-order valence-electron chi connectivity index (χ1n) is 7.77. The number of benzene rings is 1. The van der Waals surface area contributed by atoms with Gasteiger partial charge in [-0.1, -0.05) is 36.4 Å². The molecule has 3 aromatic rings. The van der Waals surface area contributed by atoms with Crippen molar-refractivity contribution < 1.29 is 19.8 Å². The molecule has 2 aromatic heterocycles. The number of aromatic hydroxyl groups is 1. The Morgan fingerprint density at radius 1 is 0.846 bits per heavy atom. The first-order chi connectivity index (χ1) is 12.5. The lowest BCUT2D eigenvalue weighted by Gasteiger charge is -2.08. The lowest BCUT2D eigenvalue weighted by atomic mass is 10.1. The van der Waals surface area contributed by atoms with Gasteiger partial charge in [0.1, 0.15) is 12.3 Å². The van der Waals surface area contributed by atoms with Gasteiger partial charge in [-0.25, -0.2) is 9.97 Å². The van der Waals surface area contributed by atoms with Crippen molar-refractivity contribution >= 4 is 11.9 Å². The van der Waals surface area contributed by atoms with Crippen LogP contribution >= 0.6 is 0 Å². The van der Waals surface area contributed by atoms with Gasteiger partial charge in [0.2, 0.25) is 0 Å². The Kier molecular flexibility index (Phi) is 4.89. The van der Waals surface area contributed by atoms with E-state index in [1.165, 1.54) is 6.07 Å². The van der Waals surface area contributed by atoms with E-state index in [9.17, 15) is 14.7 Å². The normalized spacial score (nSPS) is 10.3. The van der Waals surface area contributed by atoms with E-state index in [0.29, 0.717) is 11.4 Å². The average molecular weight is 349 g/mol. The summed E-state index contributed by atoms with van der Waals surface area (Å²) < 4.78 is 0. The summed E-state index contributed by atoms with van der Waals surface area (Å²) in [4.78, 5) is 31.3. The van der Waals surface area contributed by atoms with Gasteiger partial charge < -0.3 is 15.5 Å². The van der Waals surface area contributed by atoms with Crippen molar-refractivity contribution in [3.63, 3.8) is 0 Å². The Morgan fingerprint density at radius 2 is 1.54 bits per heavy atom. The van der Waals surface area contributed by atoms with Gasteiger partial charge in [-0.2, -0.15) is 0 Å². The molecule has 0 aliphatic carbocycles. The highest BCUT2D eigenvalue weighted by Gasteiger charge is 2.16. The Bertz CT molecular complexity index is 958. The smallest absolute Gasteiger partial charge is 0.322 e. The molecule has 0 fully saturated rings. The monoisotopic (exact) mass is 349 g/mol. The van der Waals surface area contributed by atoms with E-state index in [-0.39, 0.29) is 11.4 Å². The van der Waals surface area contributed by atoms with Gasteiger partial charge in [-0.15, -0.1) is 0 Å². The number of hydrogen-bond acceptors (Lipinski definition) is 5. The summed E-state index contributed by atoms with van der Waals surface area (Å²) in [5.74, 6) is -2.30. The van der Waals surface area contributed by atoms with Crippen LogP contribution < -0.4 is 5.32 Å². The number of carbonyl (C=O) groups is 2. The topological polar surface area (TPSA) is 112 Å². The van der Waals surface area contributed by atoms with Crippen LogP contribution in [-0.2, 0) is 4.79 Å². The van der Waals surface area contributed by atoms with Gasteiger partial charge in [-0.3, -0.25) is 9.59 Å². The number of amides is 1. The quantitative estimate of drug-likeness (QED) is 0.652. The fraction of sp³-hybridized carbons (Fsp3) is 0.0526. The Hall–Kier alpha value is -3.74. The predicted molar refractivity (Wildman–Crippen MR) is 94.5 cm³/mol. The zero-order chi connectivity index (χ0) is 18.5. The zero-order valence-corrected chi connectivity index (χ0v) is 13.6. The Labute approximate surface area is 149 Å². The summed E-state index contributed by atoms with van der Waals surface area (Å²) >= 11 is 0. The molecule has 0 aliphatic rings. The third-order valence-corrected chi connectivity index (χ3v) is 3.57. The molecule has 7 heteroatoms. The standard InChI is InChI=1S/C19H15N3O4/c23-16-10-9-15(22-18(16)19(26)20-11-17(24)25)14-8-4-7-13(21-14)12-5-2-1-3-6-12/h1-10,23H,11H2,(H,20,26)(H,24,25). The Morgan fingerprint density at radius 3 is 2.27 bits per heavy atom. The molecule has 2 heterocycles. The molecular weight excluding hydrogens is 334 g/mol. The van der Waals surface area contributed by atoms with E-state index >= 15 is 0 Å². The molecule has 0 atom stereocenters. The van der Waals surface area contributed by atoms with Gasteiger partial charge in [0.05, 0.1) is 17.1 Å². The van der Waals surface area contributed by atoms with Gasteiger partial charge in [-0.05, 0) is 24.3 Å². The predicted octanol–water partition coefficient (Wildman–Crippen LogP) is 2.33. The minimum Gasteiger partial charge on any atom is -0.505 e. The van der Waals surface area contributed by atoms with Gasteiger partial charge >= 0.3 is 5.97 Å². The van der Waals surface area contributed by atoms with Crippen LogP contribution in [0.15, 0.2) is 60.7 Å². The van der Waals surface area contributed by atoms with Crippen LogP contribution in [0.25, 0.3) is 22.6 Å². The van der Waals surface area contributed by atoms with E-state index in [4.69, 9.17) is 5.11 Å². The summed E-state index contributed by atoms with van der Waals surface area (Å²) in [6, 6.07) is 17.9. The zero-order valence-electron chi connectivity index (χ0n) is 13.6. The fourth-order valence-electron chi connectivity index (χ4n) is 2.35. The Balaban J connectivity index is 1.94. The summed E-state index contributed by atoms with van der Waals surface area (Å²) in [6.45, 7) is -0.564. The second-order valence-corrected chi connectivity index (χ2v) is 5.41. The highest BCUT2D eigenvalue weighted by Crippen LogP contribution is 2.24. The number of pyridine rings is 2. The maximum absolute atomic E-state index is 12.0. The van der Waals surface area contributed by atoms with Crippen molar-refractivity contribution in [3.8, 4) is 28.4 Å². The summed E-state index contributed by atoms with van der Waals surface area (Å²) in [6.07, 6.45) is 0. The van der Waals surface area contributed by atoms with E-state index in [1.54, 1.807) is 12.1 Å². The SMILES string of the molecule is O=C(O)CNC(=O)c1nc(-c2cccc(-c3ccccc3)n2)ccc1O. The second kappa shape index (κ2) is 7.43. The summed E-state index contributed by atoms with van der Waals surface area (Å²) in [7, 11) is 0. The highest BCUT2D eigenvalue weighted by atomic mass is 16.4. The van der Waals surface area contributed by atoms with Crippen molar-refractivity contribution in [3.05, 3.63) is 66.4 Å². The maximum atomic E-state index is 12.0. The molecule has 1 amide bonds. The number of hydrogen-bond donors (Lipinski definition) is 3. The molecule has 3 N–H and O–H groups in total. The largest absolute Gasteiger partial charge is 0.505 e. The molecule has 0 bridgehead atoms. The molecule has 0 saturated carbocycles. The minimum absolute atomic E-state index is 0.254. The van der Waals surface area contributed by atoms with Crippen molar-refractivity contribution in [2.75, 3.05) is 6.54 Å². The molecule has 1 aromatic carbocycles. The van der Waals surface area contributed by atoms with Crippen LogP contribution in [0.4, 0.5) is 0 Å². The van der Waals surface area contributed by atoms with Crippen molar-refractivity contribution in [1.29, 1.82) is 0 Å². The molecule has 0 radical (unpaired) electrons. The van der Waals surface area contributed by atoms with Gasteiger partial charge in [0, 0.05) is 5.56 Å². The van der Waals surface area contributed by atoms with Crippen LogP contribution in [0.1, 0.15) is 10.5 Å². The molecule has 0 unspecified atom stereocenters. The van der Waals surface area contributed by atoms with Crippen molar-refractivity contribution in [1.82, 2.24) is 15.3 Å². The van der Waals surface area contributed by atoms with E-state index in [1.807, 2.05) is 42.5 Å². The number of aromatic nitrogens is 2. The number of nitrogens with one attached hydrogen (secondary N) is 1. The van der Waals surface area contributed by atoms with Crippen molar-refractivity contribution in [2.45, 2.75) is 0 Å². The first-order valence-corrected chi connectivity index (χ1v) is 7.77. The third-order valence-electron chi connectivity index (χ3n) is 3.57. The fourth-order valence-corrected chi connectivity index (χ4v) is 2.35. The number of carboxylic acid groups (broad SMARTS) is 1. The molecule has 0 aliphatic heterocycles. The average Bonchev–Trinajstić information content (AvgIpc) is 2.67. The van der Waals surface area contributed by atoms with E-state index in [0.717, 1.165) is 11.3 Å². The van der Waals surface area contributed by atoms with Crippen LogP contribution in [0.3, 0.4) is 0 Å². The highest BCUT2D eigenvalue weighted by molar-refractivity contribution is 5.96. The third kappa shape index (κ3) is 3.84. The lowest BCUT2D eigenvalue weighted by Crippen LogP contribution is -2.30. The van der Waals surface area contributed by atoms with Gasteiger partial charge in [0.25, 0.3) is 5.91 Å².